The number of aromatic nitrogens is 3. The first-order chi connectivity index (χ1) is 8.82. The van der Waals surface area contributed by atoms with Crippen LogP contribution in [0.5, 0.6) is 0 Å². The number of hydrogen-bond acceptors (Lipinski definition) is 4. The fourth-order valence-electron chi connectivity index (χ4n) is 1.75. The minimum atomic E-state index is -0.562. The lowest BCUT2D eigenvalue weighted by Crippen LogP contribution is -2.36. The molecule has 2 aromatic rings. The number of aryl methyl sites for hydroxylation is 2. The number of nitrogens with one attached hydrogen (secondary N) is 1. The fourth-order valence-corrected chi connectivity index (χ4v) is 3.04. The molecule has 0 aliphatic rings. The van der Waals surface area contributed by atoms with E-state index < -0.39 is 11.2 Å². The Morgan fingerprint density at radius 2 is 1.95 bits per heavy atom. The Morgan fingerprint density at radius 3 is 2.42 bits per heavy atom. The van der Waals surface area contributed by atoms with Gasteiger partial charge < -0.3 is 0 Å². The molecule has 0 aliphatic heterocycles. The summed E-state index contributed by atoms with van der Waals surface area (Å²) in [5, 5.41) is 0.478. The fraction of sp³-hybridized carbons (Fsp3) is 0.417. The number of nitrogens with zero attached hydrogens (tertiary/aromatic N) is 2. The zero-order chi connectivity index (χ0) is 14.3. The minimum absolute atomic E-state index is 0.0785. The molecule has 2 rings (SSSR count). The van der Waals surface area contributed by atoms with Gasteiger partial charge in [-0.3, -0.25) is 9.78 Å². The molecule has 0 saturated carbocycles. The van der Waals surface area contributed by atoms with Gasteiger partial charge in [0.1, 0.15) is 5.15 Å². The summed E-state index contributed by atoms with van der Waals surface area (Å²) in [5.41, 5.74) is 0.241. The van der Waals surface area contributed by atoms with E-state index in [1.54, 1.807) is 0 Å². The quantitative estimate of drug-likeness (QED) is 0.866. The molecule has 0 amide bonds. The van der Waals surface area contributed by atoms with Crippen LogP contribution in [0.1, 0.15) is 35.9 Å². The molecule has 1 N–H and O–H groups in total. The molecular weight excluding hydrogens is 286 g/mol. The maximum Gasteiger partial charge on any atom is 0.336 e. The van der Waals surface area contributed by atoms with Crippen molar-refractivity contribution in [2.24, 2.45) is 0 Å². The van der Waals surface area contributed by atoms with E-state index in [1.807, 2.05) is 27.7 Å². The van der Waals surface area contributed by atoms with E-state index in [9.17, 15) is 9.59 Å². The molecule has 0 aromatic carbocycles. The summed E-state index contributed by atoms with van der Waals surface area (Å²) in [6.45, 7) is 7.44. The van der Waals surface area contributed by atoms with Crippen LogP contribution in [0.25, 0.3) is 5.13 Å². The standard InChI is InChI=1S/C12H14ClN3O2S/c1-5(2)8-9(13)15-11(18)16(10(8)17)12-14-6(3)7(4)19-12/h5H,1-4H3,(H,15,18). The summed E-state index contributed by atoms with van der Waals surface area (Å²) in [5.74, 6) is -0.0785. The van der Waals surface area contributed by atoms with Crippen molar-refractivity contribution in [1.82, 2.24) is 14.5 Å². The molecule has 0 radical (unpaired) electrons. The van der Waals surface area contributed by atoms with E-state index in [4.69, 9.17) is 11.6 Å². The van der Waals surface area contributed by atoms with Crippen molar-refractivity contribution in [1.29, 1.82) is 0 Å². The van der Waals surface area contributed by atoms with Crippen LogP contribution >= 0.6 is 22.9 Å². The van der Waals surface area contributed by atoms with Crippen LogP contribution in [0.15, 0.2) is 9.59 Å². The maximum absolute atomic E-state index is 12.4. The second kappa shape index (κ2) is 4.94. The molecule has 0 bridgehead atoms. The van der Waals surface area contributed by atoms with Crippen LogP contribution < -0.4 is 11.2 Å². The molecule has 0 spiro atoms. The summed E-state index contributed by atoms with van der Waals surface area (Å²) in [4.78, 5) is 32.1. The second-order valence-corrected chi connectivity index (χ2v) is 6.15. The van der Waals surface area contributed by atoms with Crippen LogP contribution in [0.3, 0.4) is 0 Å². The molecule has 0 unspecified atom stereocenters. The predicted octanol–water partition coefficient (Wildman–Crippen LogP) is 2.38. The van der Waals surface area contributed by atoms with Crippen LogP contribution in [-0.4, -0.2) is 14.5 Å². The smallest absolute Gasteiger partial charge is 0.297 e. The summed E-state index contributed by atoms with van der Waals surface area (Å²) in [6.07, 6.45) is 0. The van der Waals surface area contributed by atoms with Crippen molar-refractivity contribution in [2.45, 2.75) is 33.6 Å². The van der Waals surface area contributed by atoms with Gasteiger partial charge in [0, 0.05) is 4.88 Å². The van der Waals surface area contributed by atoms with Gasteiger partial charge in [-0.25, -0.2) is 14.3 Å². The van der Waals surface area contributed by atoms with Gasteiger partial charge in [0.05, 0.1) is 11.3 Å². The third kappa shape index (κ3) is 2.37. The van der Waals surface area contributed by atoms with Crippen molar-refractivity contribution in [3.05, 3.63) is 42.1 Å². The normalized spacial score (nSPS) is 11.3. The van der Waals surface area contributed by atoms with Gasteiger partial charge in [-0.05, 0) is 19.8 Å². The zero-order valence-corrected chi connectivity index (χ0v) is 12.6. The lowest BCUT2D eigenvalue weighted by Gasteiger charge is -2.09. The van der Waals surface area contributed by atoms with Crippen molar-refractivity contribution < 1.29 is 0 Å². The van der Waals surface area contributed by atoms with Gasteiger partial charge in [0.25, 0.3) is 5.56 Å². The summed E-state index contributed by atoms with van der Waals surface area (Å²) < 4.78 is 1.05. The highest BCUT2D eigenvalue weighted by Crippen LogP contribution is 2.20. The van der Waals surface area contributed by atoms with Crippen LogP contribution in [0, 0.1) is 13.8 Å². The van der Waals surface area contributed by atoms with Gasteiger partial charge >= 0.3 is 5.69 Å². The molecule has 102 valence electrons. The van der Waals surface area contributed by atoms with Crippen molar-refractivity contribution in [3.8, 4) is 5.13 Å². The summed E-state index contributed by atoms with van der Waals surface area (Å²) in [6, 6.07) is 0. The third-order valence-electron chi connectivity index (χ3n) is 2.88. The highest BCUT2D eigenvalue weighted by Gasteiger charge is 2.18. The molecular formula is C12H14ClN3O2S. The molecule has 7 heteroatoms. The molecule has 5 nitrogen and oxygen atoms in total. The molecule has 0 saturated heterocycles. The van der Waals surface area contributed by atoms with E-state index in [1.165, 1.54) is 11.3 Å². The average Bonchev–Trinajstić information content (AvgIpc) is 2.57. The molecule has 19 heavy (non-hydrogen) atoms. The van der Waals surface area contributed by atoms with Crippen LogP contribution in [0.4, 0.5) is 0 Å². The monoisotopic (exact) mass is 299 g/mol. The third-order valence-corrected chi connectivity index (χ3v) is 4.23. The average molecular weight is 300 g/mol. The number of aromatic amines is 1. The first-order valence-electron chi connectivity index (χ1n) is 5.82. The molecule has 0 aliphatic carbocycles. The van der Waals surface area contributed by atoms with Crippen LogP contribution in [-0.2, 0) is 0 Å². The van der Waals surface area contributed by atoms with Gasteiger partial charge in [0.15, 0.2) is 0 Å². The van der Waals surface area contributed by atoms with Crippen LogP contribution in [0.2, 0.25) is 5.15 Å². The Hall–Kier alpha value is -1.40. The largest absolute Gasteiger partial charge is 0.336 e. The Balaban J connectivity index is 2.81. The topological polar surface area (TPSA) is 67.8 Å². The lowest BCUT2D eigenvalue weighted by atomic mass is 10.1. The van der Waals surface area contributed by atoms with E-state index in [-0.39, 0.29) is 11.1 Å². The predicted molar refractivity (Wildman–Crippen MR) is 76.9 cm³/mol. The maximum atomic E-state index is 12.4. The van der Waals surface area contributed by atoms with Gasteiger partial charge in [-0.15, -0.1) is 11.3 Å². The van der Waals surface area contributed by atoms with Gasteiger partial charge in [-0.2, -0.15) is 0 Å². The summed E-state index contributed by atoms with van der Waals surface area (Å²) >= 11 is 7.25. The Bertz CT molecular complexity index is 723. The first kappa shape index (κ1) is 14.0. The molecule has 0 fully saturated rings. The minimum Gasteiger partial charge on any atom is -0.297 e. The van der Waals surface area contributed by atoms with E-state index in [0.717, 1.165) is 15.1 Å². The van der Waals surface area contributed by atoms with Gasteiger partial charge in [0.2, 0.25) is 5.13 Å². The number of halogens is 1. The first-order valence-corrected chi connectivity index (χ1v) is 7.01. The highest BCUT2D eigenvalue weighted by molar-refractivity contribution is 7.14. The zero-order valence-electron chi connectivity index (χ0n) is 11.1. The SMILES string of the molecule is Cc1nc(-n2c(=O)[nH]c(Cl)c(C(C)C)c2=O)sc1C. The summed E-state index contributed by atoms with van der Waals surface area (Å²) in [7, 11) is 0. The van der Waals surface area contributed by atoms with E-state index >= 15 is 0 Å². The second-order valence-electron chi connectivity index (χ2n) is 4.59. The Kier molecular flexibility index (Phi) is 3.64. The molecule has 2 heterocycles. The van der Waals surface area contributed by atoms with Gasteiger partial charge in [-0.1, -0.05) is 25.4 Å². The number of rotatable bonds is 2. The highest BCUT2D eigenvalue weighted by atomic mass is 35.5. The lowest BCUT2D eigenvalue weighted by molar-refractivity contribution is 0.773. The van der Waals surface area contributed by atoms with E-state index in [0.29, 0.717) is 10.7 Å². The molecule has 2 aromatic heterocycles. The molecule has 0 atom stereocenters. The Morgan fingerprint density at radius 1 is 1.32 bits per heavy atom. The number of hydrogen-bond donors (Lipinski definition) is 1. The van der Waals surface area contributed by atoms with Crippen molar-refractivity contribution in [3.63, 3.8) is 0 Å². The van der Waals surface area contributed by atoms with Crippen molar-refractivity contribution >= 4 is 22.9 Å². The number of thiazole rings is 1. The number of H-pyrrole nitrogens is 1. The Labute approximate surface area is 118 Å². The van der Waals surface area contributed by atoms with E-state index in [2.05, 4.69) is 9.97 Å². The van der Waals surface area contributed by atoms with Crippen molar-refractivity contribution in [2.75, 3.05) is 0 Å².